The summed E-state index contributed by atoms with van der Waals surface area (Å²) in [4.78, 5) is 37.6. The number of nitrogens with one attached hydrogen (secondary N) is 1. The summed E-state index contributed by atoms with van der Waals surface area (Å²) in [5.41, 5.74) is 0. The molecular formula is C62H116N2O7P+. The largest absolute Gasteiger partial charge is 0.472 e. The molecule has 0 spiro atoms. The third-order valence-corrected chi connectivity index (χ3v) is 14.2. The zero-order valence-corrected chi connectivity index (χ0v) is 48.8. The summed E-state index contributed by atoms with van der Waals surface area (Å²) in [5, 5.41) is 3.04. The molecular weight excluding hydrogens is 916 g/mol. The molecule has 0 aliphatic rings. The molecule has 0 aliphatic heterocycles. The lowest BCUT2D eigenvalue weighted by Gasteiger charge is -2.27. The number of allylic oxidation sites excluding steroid dienone is 9. The lowest BCUT2D eigenvalue weighted by atomic mass is 10.0. The van der Waals surface area contributed by atoms with Gasteiger partial charge in [0.1, 0.15) is 19.3 Å². The van der Waals surface area contributed by atoms with Gasteiger partial charge in [0, 0.05) is 12.8 Å². The summed E-state index contributed by atoms with van der Waals surface area (Å²) in [6.45, 7) is 6.96. The Hall–Kier alpha value is -2.29. The standard InChI is InChI=1S/C62H115N2O7P/c1-7-10-13-16-19-22-25-28-30-32-34-37-40-43-46-49-52-55-62(66)71-60(53-50-47-44-41-38-35-27-24-21-18-15-12-9-3)59(58-70-72(67,68)69-57-56-64(4,5)6)63-61(65)54-51-48-45-42-39-36-33-31-29-26-23-20-17-14-11-8-2/h19,22,28,30-31,33,36,39,50,53,59-60H,7-18,20-21,23-27,29,32,34-35,37-38,40-49,51-52,54-58H2,1-6H3,(H-,63,65,67,68)/p+1/b22-19-,30-28-,33-31+,39-36+,53-50+. The first-order valence-corrected chi connectivity index (χ1v) is 31.6. The minimum absolute atomic E-state index is 0.0328. The first kappa shape index (κ1) is 69.7. The van der Waals surface area contributed by atoms with Crippen molar-refractivity contribution in [1.82, 2.24) is 5.32 Å². The number of phosphoric acid groups is 1. The smallest absolute Gasteiger partial charge is 0.456 e. The maximum absolute atomic E-state index is 13.5. The van der Waals surface area contributed by atoms with Crippen molar-refractivity contribution in [2.75, 3.05) is 40.9 Å². The van der Waals surface area contributed by atoms with E-state index in [0.717, 1.165) is 83.5 Å². The second-order valence-corrected chi connectivity index (χ2v) is 23.0. The van der Waals surface area contributed by atoms with Crippen LogP contribution in [0.4, 0.5) is 0 Å². The first-order valence-electron chi connectivity index (χ1n) is 30.1. The van der Waals surface area contributed by atoms with Gasteiger partial charge in [-0.05, 0) is 89.5 Å². The van der Waals surface area contributed by atoms with E-state index in [1.807, 2.05) is 33.3 Å². The van der Waals surface area contributed by atoms with Gasteiger partial charge in [0.25, 0.3) is 0 Å². The number of hydrogen-bond donors (Lipinski definition) is 2. The van der Waals surface area contributed by atoms with E-state index in [-0.39, 0.29) is 31.5 Å². The second kappa shape index (κ2) is 52.2. The Morgan fingerprint density at radius 1 is 0.500 bits per heavy atom. The number of hydrogen-bond acceptors (Lipinski definition) is 6. The van der Waals surface area contributed by atoms with Crippen LogP contribution in [0.2, 0.25) is 0 Å². The van der Waals surface area contributed by atoms with Crippen LogP contribution >= 0.6 is 7.82 Å². The number of rotatable bonds is 54. The maximum Gasteiger partial charge on any atom is 0.472 e. The van der Waals surface area contributed by atoms with Gasteiger partial charge in [0.05, 0.1) is 33.8 Å². The van der Waals surface area contributed by atoms with E-state index in [9.17, 15) is 19.0 Å². The zero-order chi connectivity index (χ0) is 52.9. The summed E-state index contributed by atoms with van der Waals surface area (Å²) in [6.07, 6.45) is 65.0. The lowest BCUT2D eigenvalue weighted by molar-refractivity contribution is -0.870. The molecule has 0 bridgehead atoms. The predicted molar refractivity (Wildman–Crippen MR) is 309 cm³/mol. The van der Waals surface area contributed by atoms with Gasteiger partial charge in [-0.3, -0.25) is 18.6 Å². The van der Waals surface area contributed by atoms with Crippen LogP contribution in [0.15, 0.2) is 60.8 Å². The molecule has 0 heterocycles. The molecule has 0 aromatic rings. The van der Waals surface area contributed by atoms with E-state index in [4.69, 9.17) is 13.8 Å². The topological polar surface area (TPSA) is 111 Å². The Morgan fingerprint density at radius 2 is 0.889 bits per heavy atom. The molecule has 0 aromatic carbocycles. The van der Waals surface area contributed by atoms with Crippen LogP contribution in [0.3, 0.4) is 0 Å². The number of quaternary nitrogens is 1. The molecule has 72 heavy (non-hydrogen) atoms. The van der Waals surface area contributed by atoms with Crippen molar-refractivity contribution in [3.8, 4) is 0 Å². The number of carbonyl (C=O) groups excluding carboxylic acids is 2. The molecule has 3 unspecified atom stereocenters. The summed E-state index contributed by atoms with van der Waals surface area (Å²) in [6, 6.07) is -0.866. The minimum atomic E-state index is -4.46. The minimum Gasteiger partial charge on any atom is -0.456 e. The van der Waals surface area contributed by atoms with E-state index < -0.39 is 20.0 Å². The van der Waals surface area contributed by atoms with Crippen molar-refractivity contribution in [3.63, 3.8) is 0 Å². The van der Waals surface area contributed by atoms with Crippen LogP contribution in [0.1, 0.15) is 271 Å². The number of amides is 1. The first-order chi connectivity index (χ1) is 34.9. The van der Waals surface area contributed by atoms with E-state index in [2.05, 4.69) is 74.7 Å². The van der Waals surface area contributed by atoms with Gasteiger partial charge in [-0.15, -0.1) is 0 Å². The number of unbranched alkanes of at least 4 members (excludes halogenated alkanes) is 31. The maximum atomic E-state index is 13.5. The normalized spacial score (nSPS) is 14.2. The SMILES string of the molecule is CCCCC/C=C\C/C=C\CCCCCCCCCC(=O)OC(/C=C/CCCCCCCCCCCCC)C(COP(=O)(O)OCC[N+](C)(C)C)NC(=O)CCCCC/C=C/C=C/CCCCCCCCC. The molecule has 420 valence electrons. The van der Waals surface area contributed by atoms with E-state index in [1.54, 1.807) is 0 Å². The van der Waals surface area contributed by atoms with Gasteiger partial charge in [-0.25, -0.2) is 4.57 Å². The average molecular weight is 1030 g/mol. The van der Waals surface area contributed by atoms with Crippen LogP contribution in [0.25, 0.3) is 0 Å². The molecule has 1 amide bonds. The third kappa shape index (κ3) is 52.6. The Labute approximate surface area is 445 Å². The van der Waals surface area contributed by atoms with Crippen LogP contribution in [-0.4, -0.2) is 74.3 Å². The number of ether oxygens (including phenoxy) is 1. The number of likely N-dealkylation sites (N-methyl/N-ethyl adjacent to an activating group) is 1. The summed E-state index contributed by atoms with van der Waals surface area (Å²) in [5.74, 6) is -0.541. The Balaban J connectivity index is 5.39. The van der Waals surface area contributed by atoms with Crippen LogP contribution < -0.4 is 5.32 Å². The number of nitrogens with zero attached hydrogens (tertiary/aromatic N) is 1. The molecule has 0 aliphatic carbocycles. The Kier molecular flexibility index (Phi) is 50.5. The van der Waals surface area contributed by atoms with Crippen molar-refractivity contribution >= 4 is 19.7 Å². The fourth-order valence-electron chi connectivity index (χ4n) is 8.49. The van der Waals surface area contributed by atoms with Gasteiger partial charge in [0.2, 0.25) is 5.91 Å². The molecule has 10 heteroatoms. The highest BCUT2D eigenvalue weighted by molar-refractivity contribution is 7.47. The Morgan fingerprint density at radius 3 is 1.38 bits per heavy atom. The van der Waals surface area contributed by atoms with Gasteiger partial charge in [-0.1, -0.05) is 230 Å². The molecule has 0 saturated carbocycles. The number of phosphoric ester groups is 1. The highest BCUT2D eigenvalue weighted by atomic mass is 31.2. The van der Waals surface area contributed by atoms with Crippen molar-refractivity contribution < 1.29 is 37.3 Å². The van der Waals surface area contributed by atoms with Gasteiger partial charge in [0.15, 0.2) is 0 Å². The van der Waals surface area contributed by atoms with Crippen molar-refractivity contribution in [2.24, 2.45) is 0 Å². The number of esters is 1. The highest BCUT2D eigenvalue weighted by Crippen LogP contribution is 2.43. The van der Waals surface area contributed by atoms with Crippen LogP contribution in [0, 0.1) is 0 Å². The van der Waals surface area contributed by atoms with Crippen molar-refractivity contribution in [3.05, 3.63) is 60.8 Å². The molecule has 0 saturated heterocycles. The molecule has 9 nitrogen and oxygen atoms in total. The van der Waals surface area contributed by atoms with Crippen molar-refractivity contribution in [2.45, 2.75) is 283 Å². The van der Waals surface area contributed by atoms with E-state index in [1.165, 1.54) is 148 Å². The quantitative estimate of drug-likeness (QED) is 0.0156. The molecule has 3 atom stereocenters. The predicted octanol–water partition coefficient (Wildman–Crippen LogP) is 18.3. The van der Waals surface area contributed by atoms with E-state index in [0.29, 0.717) is 23.9 Å². The molecule has 0 aromatic heterocycles. The molecule has 0 radical (unpaired) electrons. The molecule has 0 rings (SSSR count). The number of carbonyl (C=O) groups is 2. The van der Waals surface area contributed by atoms with Gasteiger partial charge >= 0.3 is 13.8 Å². The van der Waals surface area contributed by atoms with E-state index >= 15 is 0 Å². The molecule has 0 fully saturated rings. The second-order valence-electron chi connectivity index (χ2n) is 21.5. The zero-order valence-electron chi connectivity index (χ0n) is 47.9. The van der Waals surface area contributed by atoms with Crippen LogP contribution in [0.5, 0.6) is 0 Å². The summed E-state index contributed by atoms with van der Waals surface area (Å²) in [7, 11) is 1.47. The molecule has 2 N–H and O–H groups in total. The van der Waals surface area contributed by atoms with Crippen molar-refractivity contribution in [1.29, 1.82) is 0 Å². The highest BCUT2D eigenvalue weighted by Gasteiger charge is 2.30. The Bertz CT molecular complexity index is 1420. The summed E-state index contributed by atoms with van der Waals surface area (Å²) < 4.78 is 30.6. The van der Waals surface area contributed by atoms with Crippen LogP contribution in [-0.2, 0) is 27.9 Å². The third-order valence-electron chi connectivity index (χ3n) is 13.2. The monoisotopic (exact) mass is 1030 g/mol. The van der Waals surface area contributed by atoms with Gasteiger partial charge < -0.3 is 19.4 Å². The summed E-state index contributed by atoms with van der Waals surface area (Å²) >= 11 is 0. The average Bonchev–Trinajstić information content (AvgIpc) is 3.34. The fourth-order valence-corrected chi connectivity index (χ4v) is 9.23. The fraction of sp³-hybridized carbons (Fsp3) is 0.806. The lowest BCUT2D eigenvalue weighted by Crippen LogP contribution is -2.47. The van der Waals surface area contributed by atoms with Gasteiger partial charge in [-0.2, -0.15) is 0 Å².